The van der Waals surface area contributed by atoms with Crippen LogP contribution in [0.15, 0.2) is 35.4 Å². The molecule has 4 rings (SSSR count). The van der Waals surface area contributed by atoms with E-state index in [9.17, 15) is 5.11 Å². The van der Waals surface area contributed by atoms with E-state index in [0.29, 0.717) is 5.92 Å². The van der Waals surface area contributed by atoms with E-state index in [-0.39, 0.29) is 11.5 Å². The largest absolute Gasteiger partial charge is 0.497 e. The molecule has 122 valence electrons. The summed E-state index contributed by atoms with van der Waals surface area (Å²) in [5.74, 6) is 1.46. The Bertz CT molecular complexity index is 713. The average Bonchev–Trinajstić information content (AvgIpc) is 2.91. The molecule has 3 atom stereocenters. The van der Waals surface area contributed by atoms with E-state index < -0.39 is 0 Å². The average molecular weight is 310 g/mol. The number of fused-ring (bicyclic) bond motifs is 4. The molecule has 1 unspecified atom stereocenters. The maximum Gasteiger partial charge on any atom is 0.119 e. The van der Waals surface area contributed by atoms with Gasteiger partial charge in [0.05, 0.1) is 13.2 Å². The molecule has 0 fully saturated rings. The summed E-state index contributed by atoms with van der Waals surface area (Å²) in [7, 11) is 1.73. The summed E-state index contributed by atoms with van der Waals surface area (Å²) in [6, 6.07) is 6.52. The molecule has 0 saturated heterocycles. The van der Waals surface area contributed by atoms with Crippen LogP contribution in [0.1, 0.15) is 50.7 Å². The van der Waals surface area contributed by atoms with Gasteiger partial charge in [0.1, 0.15) is 5.75 Å². The Balaban J connectivity index is 1.87. The molecular formula is C21H26O2. The van der Waals surface area contributed by atoms with E-state index >= 15 is 0 Å². The highest BCUT2D eigenvalue weighted by molar-refractivity contribution is 5.80. The number of hydrogen-bond acceptors (Lipinski definition) is 2. The SMILES string of the molecule is CC[C@]12CC(C)C3=C(CCc4cc(OC)ccc43)C1=CC[C@@H]2O. The summed E-state index contributed by atoms with van der Waals surface area (Å²) >= 11 is 0. The Morgan fingerprint density at radius 2 is 2.13 bits per heavy atom. The van der Waals surface area contributed by atoms with Crippen LogP contribution in [-0.2, 0) is 6.42 Å². The maximum atomic E-state index is 10.7. The Labute approximate surface area is 138 Å². The first-order valence-corrected chi connectivity index (χ1v) is 8.90. The first-order valence-electron chi connectivity index (χ1n) is 8.90. The van der Waals surface area contributed by atoms with Gasteiger partial charge in [-0.05, 0) is 78.0 Å². The van der Waals surface area contributed by atoms with Gasteiger partial charge in [0.15, 0.2) is 0 Å². The quantitative estimate of drug-likeness (QED) is 0.870. The molecule has 0 radical (unpaired) electrons. The van der Waals surface area contributed by atoms with Crippen LogP contribution in [0.4, 0.5) is 0 Å². The Hall–Kier alpha value is -1.54. The van der Waals surface area contributed by atoms with Crippen molar-refractivity contribution in [2.24, 2.45) is 11.3 Å². The molecule has 1 aromatic rings. The lowest BCUT2D eigenvalue weighted by atomic mass is 9.59. The second-order valence-corrected chi connectivity index (χ2v) is 7.40. The molecule has 23 heavy (non-hydrogen) atoms. The number of methoxy groups -OCH3 is 1. The van der Waals surface area contributed by atoms with Gasteiger partial charge in [0.25, 0.3) is 0 Å². The lowest BCUT2D eigenvalue weighted by Gasteiger charge is -2.45. The summed E-state index contributed by atoms with van der Waals surface area (Å²) in [6.07, 6.45) is 7.23. The van der Waals surface area contributed by atoms with Gasteiger partial charge < -0.3 is 9.84 Å². The zero-order chi connectivity index (χ0) is 16.2. The van der Waals surface area contributed by atoms with Crippen LogP contribution < -0.4 is 4.74 Å². The van der Waals surface area contributed by atoms with E-state index in [1.807, 2.05) is 0 Å². The van der Waals surface area contributed by atoms with Gasteiger partial charge in [-0.25, -0.2) is 0 Å². The Morgan fingerprint density at radius 1 is 1.30 bits per heavy atom. The molecule has 0 amide bonds. The minimum Gasteiger partial charge on any atom is -0.497 e. The van der Waals surface area contributed by atoms with Gasteiger partial charge in [0.2, 0.25) is 0 Å². The van der Waals surface area contributed by atoms with Crippen molar-refractivity contribution in [2.45, 2.75) is 52.1 Å². The van der Waals surface area contributed by atoms with Gasteiger partial charge in [-0.2, -0.15) is 0 Å². The number of aliphatic hydroxyl groups excluding tert-OH is 1. The molecular weight excluding hydrogens is 284 g/mol. The van der Waals surface area contributed by atoms with Gasteiger partial charge in [-0.1, -0.05) is 26.0 Å². The highest BCUT2D eigenvalue weighted by atomic mass is 16.5. The highest BCUT2D eigenvalue weighted by Crippen LogP contribution is 2.58. The normalized spacial score (nSPS) is 32.1. The predicted molar refractivity (Wildman–Crippen MR) is 93.4 cm³/mol. The molecule has 0 bridgehead atoms. The van der Waals surface area contributed by atoms with E-state index in [0.717, 1.165) is 37.9 Å². The number of benzene rings is 1. The van der Waals surface area contributed by atoms with Crippen LogP contribution in [0.2, 0.25) is 0 Å². The molecule has 0 aromatic heterocycles. The second-order valence-electron chi connectivity index (χ2n) is 7.40. The molecule has 1 aromatic carbocycles. The smallest absolute Gasteiger partial charge is 0.119 e. The fourth-order valence-electron chi connectivity index (χ4n) is 5.29. The molecule has 0 spiro atoms. The van der Waals surface area contributed by atoms with E-state index in [1.54, 1.807) is 7.11 Å². The topological polar surface area (TPSA) is 29.5 Å². The van der Waals surface area contributed by atoms with Crippen molar-refractivity contribution in [3.63, 3.8) is 0 Å². The second kappa shape index (κ2) is 5.24. The fourth-order valence-corrected chi connectivity index (χ4v) is 5.29. The fraction of sp³-hybridized carbons (Fsp3) is 0.524. The van der Waals surface area contributed by atoms with Crippen LogP contribution >= 0.6 is 0 Å². The molecule has 3 aliphatic carbocycles. The van der Waals surface area contributed by atoms with Crippen LogP contribution in [0, 0.1) is 11.3 Å². The number of aryl methyl sites for hydroxylation is 1. The standard InChI is InChI=1S/C21H26O2/c1-4-21-12-13(2)20-16-8-6-15(23-3)11-14(16)5-7-17(20)18(21)9-10-19(21)22/h6,8-9,11,13,19,22H,4-5,7,10,12H2,1-3H3/t13?,19-,21-/m0/s1. The Kier molecular flexibility index (Phi) is 3.42. The van der Waals surface area contributed by atoms with Crippen LogP contribution in [0.3, 0.4) is 0 Å². The highest BCUT2D eigenvalue weighted by Gasteiger charge is 2.49. The summed E-state index contributed by atoms with van der Waals surface area (Å²) in [5, 5.41) is 10.7. The number of hydrogen-bond donors (Lipinski definition) is 1. The maximum absolute atomic E-state index is 10.7. The van der Waals surface area contributed by atoms with Crippen molar-refractivity contribution in [3.05, 3.63) is 46.5 Å². The lowest BCUT2D eigenvalue weighted by Crippen LogP contribution is -2.38. The predicted octanol–water partition coefficient (Wildman–Crippen LogP) is 4.52. The van der Waals surface area contributed by atoms with Crippen molar-refractivity contribution in [2.75, 3.05) is 7.11 Å². The van der Waals surface area contributed by atoms with Crippen molar-refractivity contribution >= 4 is 5.57 Å². The summed E-state index contributed by atoms with van der Waals surface area (Å²) < 4.78 is 5.40. The molecule has 3 aliphatic rings. The van der Waals surface area contributed by atoms with Gasteiger partial charge in [0, 0.05) is 5.41 Å². The van der Waals surface area contributed by atoms with Gasteiger partial charge >= 0.3 is 0 Å². The summed E-state index contributed by atoms with van der Waals surface area (Å²) in [6.45, 7) is 4.58. The van der Waals surface area contributed by atoms with Crippen molar-refractivity contribution in [1.29, 1.82) is 0 Å². The number of allylic oxidation sites excluding steroid dienone is 2. The van der Waals surface area contributed by atoms with Crippen LogP contribution in [0.25, 0.3) is 5.57 Å². The van der Waals surface area contributed by atoms with Gasteiger partial charge in [-0.15, -0.1) is 0 Å². The third-order valence-electron chi connectivity index (χ3n) is 6.41. The lowest BCUT2D eigenvalue weighted by molar-refractivity contribution is 0.0493. The van der Waals surface area contributed by atoms with Crippen LogP contribution in [-0.4, -0.2) is 18.3 Å². The van der Waals surface area contributed by atoms with E-state index in [4.69, 9.17) is 4.74 Å². The van der Waals surface area contributed by atoms with Crippen LogP contribution in [0.5, 0.6) is 5.75 Å². The third kappa shape index (κ3) is 1.97. The first-order chi connectivity index (χ1) is 11.1. The van der Waals surface area contributed by atoms with E-state index in [2.05, 4.69) is 38.1 Å². The van der Waals surface area contributed by atoms with Crippen molar-refractivity contribution in [3.8, 4) is 5.75 Å². The molecule has 0 aliphatic heterocycles. The number of ether oxygens (including phenoxy) is 1. The Morgan fingerprint density at radius 3 is 2.87 bits per heavy atom. The van der Waals surface area contributed by atoms with Gasteiger partial charge in [-0.3, -0.25) is 0 Å². The summed E-state index contributed by atoms with van der Waals surface area (Å²) in [4.78, 5) is 0. The monoisotopic (exact) mass is 310 g/mol. The zero-order valence-electron chi connectivity index (χ0n) is 14.4. The molecule has 2 heteroatoms. The zero-order valence-corrected chi connectivity index (χ0v) is 14.4. The molecule has 0 saturated carbocycles. The number of rotatable bonds is 2. The van der Waals surface area contributed by atoms with Crippen molar-refractivity contribution in [1.82, 2.24) is 0 Å². The first kappa shape index (κ1) is 15.0. The number of aliphatic hydroxyl groups is 1. The van der Waals surface area contributed by atoms with E-state index in [1.165, 1.54) is 27.8 Å². The third-order valence-corrected chi connectivity index (χ3v) is 6.41. The molecule has 2 nitrogen and oxygen atoms in total. The minimum atomic E-state index is -0.198. The minimum absolute atomic E-state index is 0.00221. The van der Waals surface area contributed by atoms with Crippen molar-refractivity contribution < 1.29 is 9.84 Å². The molecule has 1 N–H and O–H groups in total. The molecule has 0 heterocycles. The summed E-state index contributed by atoms with van der Waals surface area (Å²) in [5.41, 5.74) is 7.34.